The van der Waals surface area contributed by atoms with Gasteiger partial charge in [0.15, 0.2) is 0 Å². The van der Waals surface area contributed by atoms with Gasteiger partial charge in [0.25, 0.3) is 0 Å². The molecule has 0 aliphatic heterocycles. The van der Waals surface area contributed by atoms with Crippen LogP contribution in [0.4, 0.5) is 0 Å². The van der Waals surface area contributed by atoms with Crippen molar-refractivity contribution in [1.29, 1.82) is 0 Å². The molecule has 0 aliphatic rings. The summed E-state index contributed by atoms with van der Waals surface area (Å²) in [6.07, 6.45) is 0. The van der Waals surface area contributed by atoms with Gasteiger partial charge in [-0.15, -0.1) is 11.8 Å². The molecule has 0 bridgehead atoms. The molecule has 2 amide bonds. The van der Waals surface area contributed by atoms with E-state index in [1.807, 2.05) is 44.2 Å². The van der Waals surface area contributed by atoms with Crippen LogP contribution in [0.5, 0.6) is 0 Å². The zero-order chi connectivity index (χ0) is 21.4. The number of hydrogen-bond donors (Lipinski definition) is 1. The van der Waals surface area contributed by atoms with E-state index in [0.29, 0.717) is 22.5 Å². The van der Waals surface area contributed by atoms with Crippen LogP contribution in [-0.2, 0) is 16.1 Å². The molecular formula is C22H26Cl2N2O2S. The number of rotatable bonds is 9. The molecule has 7 heteroatoms. The number of nitrogens with zero attached hydrogens (tertiary/aromatic N) is 1. The number of thioether (sulfide) groups is 1. The highest BCUT2D eigenvalue weighted by Crippen LogP contribution is 2.24. The molecule has 4 nitrogen and oxygen atoms in total. The van der Waals surface area contributed by atoms with Gasteiger partial charge in [-0.05, 0) is 42.7 Å². The molecule has 0 radical (unpaired) electrons. The van der Waals surface area contributed by atoms with Crippen LogP contribution >= 0.6 is 35.0 Å². The lowest BCUT2D eigenvalue weighted by atomic mass is 10.1. The molecular weight excluding hydrogens is 427 g/mol. The van der Waals surface area contributed by atoms with Gasteiger partial charge in [-0.2, -0.15) is 0 Å². The van der Waals surface area contributed by atoms with Crippen LogP contribution in [0.15, 0.2) is 53.4 Å². The van der Waals surface area contributed by atoms with Crippen LogP contribution in [0.1, 0.15) is 26.3 Å². The minimum atomic E-state index is -0.621. The number of carbonyl (C=O) groups is 2. The molecule has 156 valence electrons. The third-order valence-corrected chi connectivity index (χ3v) is 5.90. The van der Waals surface area contributed by atoms with E-state index >= 15 is 0 Å². The highest BCUT2D eigenvalue weighted by Gasteiger charge is 2.26. The predicted octanol–water partition coefficient (Wildman–Crippen LogP) is 5.28. The molecule has 0 saturated carbocycles. The fourth-order valence-corrected chi connectivity index (χ4v) is 3.89. The minimum absolute atomic E-state index is 0.128. The first-order valence-electron chi connectivity index (χ1n) is 9.47. The number of amides is 2. The molecule has 2 aromatic carbocycles. The second-order valence-electron chi connectivity index (χ2n) is 7.17. The summed E-state index contributed by atoms with van der Waals surface area (Å²) in [5, 5.41) is 3.91. The van der Waals surface area contributed by atoms with Crippen LogP contribution in [0.3, 0.4) is 0 Å². The van der Waals surface area contributed by atoms with Crippen LogP contribution < -0.4 is 5.32 Å². The lowest BCUT2D eigenvalue weighted by Gasteiger charge is -2.29. The second kappa shape index (κ2) is 11.5. The van der Waals surface area contributed by atoms with E-state index in [2.05, 4.69) is 5.32 Å². The summed E-state index contributed by atoms with van der Waals surface area (Å²) < 4.78 is 0. The van der Waals surface area contributed by atoms with Crippen LogP contribution in [-0.4, -0.2) is 35.1 Å². The van der Waals surface area contributed by atoms with Gasteiger partial charge in [0, 0.05) is 28.0 Å². The standard InChI is InChI=1S/C22H26Cl2N2O2S/c1-15(2)12-25-22(28)16(3)26(13-17-9-10-18(23)11-20(17)24)21(27)14-29-19-7-5-4-6-8-19/h4-11,15-16H,12-14H2,1-3H3,(H,25,28). The van der Waals surface area contributed by atoms with Crippen molar-refractivity contribution < 1.29 is 9.59 Å². The molecule has 29 heavy (non-hydrogen) atoms. The van der Waals surface area contributed by atoms with Crippen molar-refractivity contribution in [3.63, 3.8) is 0 Å². The van der Waals surface area contributed by atoms with Gasteiger partial charge < -0.3 is 10.2 Å². The van der Waals surface area contributed by atoms with E-state index in [4.69, 9.17) is 23.2 Å². The highest BCUT2D eigenvalue weighted by molar-refractivity contribution is 8.00. The molecule has 0 aromatic heterocycles. The largest absolute Gasteiger partial charge is 0.354 e. The summed E-state index contributed by atoms with van der Waals surface area (Å²) in [5.74, 6) is 0.255. The first-order valence-corrected chi connectivity index (χ1v) is 11.2. The summed E-state index contributed by atoms with van der Waals surface area (Å²) in [6.45, 7) is 6.59. The average Bonchev–Trinajstić information content (AvgIpc) is 2.70. The second-order valence-corrected chi connectivity index (χ2v) is 9.07. The first-order chi connectivity index (χ1) is 13.8. The van der Waals surface area contributed by atoms with Crippen molar-refractivity contribution in [3.05, 3.63) is 64.1 Å². The van der Waals surface area contributed by atoms with Gasteiger partial charge in [0.05, 0.1) is 5.75 Å². The Morgan fingerprint density at radius 2 is 1.76 bits per heavy atom. The lowest BCUT2D eigenvalue weighted by molar-refractivity contribution is -0.138. The van der Waals surface area contributed by atoms with E-state index in [1.165, 1.54) is 11.8 Å². The summed E-state index contributed by atoms with van der Waals surface area (Å²) in [4.78, 5) is 28.2. The van der Waals surface area contributed by atoms with Crippen molar-refractivity contribution in [2.45, 2.75) is 38.3 Å². The number of benzene rings is 2. The maximum absolute atomic E-state index is 13.0. The van der Waals surface area contributed by atoms with Gasteiger partial charge in [-0.25, -0.2) is 0 Å². The molecule has 0 spiro atoms. The Kier molecular flexibility index (Phi) is 9.34. The SMILES string of the molecule is CC(C)CNC(=O)C(C)N(Cc1ccc(Cl)cc1Cl)C(=O)CSc1ccccc1. The fourth-order valence-electron chi connectivity index (χ4n) is 2.61. The molecule has 0 heterocycles. The zero-order valence-corrected chi connectivity index (χ0v) is 19.2. The highest BCUT2D eigenvalue weighted by atomic mass is 35.5. The van der Waals surface area contributed by atoms with E-state index in [-0.39, 0.29) is 24.1 Å². The van der Waals surface area contributed by atoms with Crippen molar-refractivity contribution in [2.75, 3.05) is 12.3 Å². The Morgan fingerprint density at radius 1 is 1.07 bits per heavy atom. The monoisotopic (exact) mass is 452 g/mol. The molecule has 1 atom stereocenters. The zero-order valence-electron chi connectivity index (χ0n) is 16.8. The third-order valence-electron chi connectivity index (χ3n) is 4.31. The quantitative estimate of drug-likeness (QED) is 0.526. The van der Waals surface area contributed by atoms with Gasteiger partial charge >= 0.3 is 0 Å². The van der Waals surface area contributed by atoms with Crippen LogP contribution in [0.2, 0.25) is 10.0 Å². The molecule has 2 rings (SSSR count). The lowest BCUT2D eigenvalue weighted by Crippen LogP contribution is -2.48. The van der Waals surface area contributed by atoms with Crippen molar-refractivity contribution in [3.8, 4) is 0 Å². The minimum Gasteiger partial charge on any atom is -0.354 e. The van der Waals surface area contributed by atoms with Crippen LogP contribution in [0.25, 0.3) is 0 Å². The Balaban J connectivity index is 2.16. The van der Waals surface area contributed by atoms with Gasteiger partial charge in [0.1, 0.15) is 6.04 Å². The summed E-state index contributed by atoms with van der Waals surface area (Å²) in [6, 6.07) is 14.2. The molecule has 2 aromatic rings. The van der Waals surface area contributed by atoms with E-state index in [0.717, 1.165) is 10.5 Å². The van der Waals surface area contributed by atoms with Crippen molar-refractivity contribution >= 4 is 46.8 Å². The fraction of sp³-hybridized carbons (Fsp3) is 0.364. The Labute approximate surface area is 187 Å². The number of hydrogen-bond acceptors (Lipinski definition) is 3. The average molecular weight is 453 g/mol. The van der Waals surface area contributed by atoms with Gasteiger partial charge in [0.2, 0.25) is 11.8 Å². The summed E-state index contributed by atoms with van der Waals surface area (Å²) in [5.41, 5.74) is 0.748. The third kappa shape index (κ3) is 7.57. The van der Waals surface area contributed by atoms with E-state index < -0.39 is 6.04 Å². The molecule has 0 fully saturated rings. The Bertz CT molecular complexity index is 831. The smallest absolute Gasteiger partial charge is 0.242 e. The van der Waals surface area contributed by atoms with E-state index in [9.17, 15) is 9.59 Å². The Morgan fingerprint density at radius 3 is 2.38 bits per heavy atom. The molecule has 1 N–H and O–H groups in total. The van der Waals surface area contributed by atoms with Crippen LogP contribution in [0, 0.1) is 5.92 Å². The maximum Gasteiger partial charge on any atom is 0.242 e. The predicted molar refractivity (Wildman–Crippen MR) is 121 cm³/mol. The maximum atomic E-state index is 13.0. The number of halogens is 2. The normalized spacial score (nSPS) is 11.9. The van der Waals surface area contributed by atoms with E-state index in [1.54, 1.807) is 30.0 Å². The topological polar surface area (TPSA) is 49.4 Å². The Hall–Kier alpha value is -1.69. The summed E-state index contributed by atoms with van der Waals surface area (Å²) in [7, 11) is 0. The van der Waals surface area contributed by atoms with Gasteiger partial charge in [-0.1, -0.05) is 61.3 Å². The summed E-state index contributed by atoms with van der Waals surface area (Å²) >= 11 is 13.7. The van der Waals surface area contributed by atoms with Gasteiger partial charge in [-0.3, -0.25) is 9.59 Å². The number of carbonyl (C=O) groups excluding carboxylic acids is 2. The number of nitrogens with one attached hydrogen (secondary N) is 1. The molecule has 0 saturated heterocycles. The van der Waals surface area contributed by atoms with Crippen molar-refractivity contribution in [1.82, 2.24) is 10.2 Å². The first kappa shape index (κ1) is 23.6. The van der Waals surface area contributed by atoms with Crippen molar-refractivity contribution in [2.24, 2.45) is 5.92 Å². The molecule has 0 aliphatic carbocycles. The molecule has 1 unspecified atom stereocenters.